The Kier molecular flexibility index (Phi) is 5.50. The van der Waals surface area contributed by atoms with Crippen molar-refractivity contribution >= 4 is 23.4 Å². The van der Waals surface area contributed by atoms with Crippen LogP contribution in [0.5, 0.6) is 11.6 Å². The first kappa shape index (κ1) is 15.8. The smallest absolute Gasteiger partial charge is 0.226 e. The fraction of sp³-hybridized carbons (Fsp3) is 0.294. The minimum atomic E-state index is 0.00327. The number of hydrogen-bond donors (Lipinski definition) is 2. The largest absolute Gasteiger partial charge is 0.439 e. The molecule has 1 aromatic heterocycles. The third-order valence-corrected chi connectivity index (χ3v) is 4.55. The van der Waals surface area contributed by atoms with E-state index in [2.05, 4.69) is 15.6 Å². The molecule has 1 amide bonds. The summed E-state index contributed by atoms with van der Waals surface area (Å²) in [6.45, 7) is 0.968. The number of aromatic nitrogens is 1. The molecule has 2 N–H and O–H groups in total. The van der Waals surface area contributed by atoms with E-state index in [9.17, 15) is 4.79 Å². The van der Waals surface area contributed by atoms with Gasteiger partial charge < -0.3 is 15.4 Å². The number of anilines is 1. The summed E-state index contributed by atoms with van der Waals surface area (Å²) in [4.78, 5) is 16.3. The summed E-state index contributed by atoms with van der Waals surface area (Å²) in [5.74, 6) is 3.33. The van der Waals surface area contributed by atoms with Crippen LogP contribution in [0, 0.1) is 0 Å². The maximum Gasteiger partial charge on any atom is 0.226 e. The minimum absolute atomic E-state index is 0.00327. The van der Waals surface area contributed by atoms with Gasteiger partial charge in [0.25, 0.3) is 0 Å². The molecule has 3 rings (SSSR count). The Hall–Kier alpha value is -2.05. The zero-order valence-corrected chi connectivity index (χ0v) is 13.5. The molecular weight excluding hydrogens is 310 g/mol. The van der Waals surface area contributed by atoms with Crippen molar-refractivity contribution in [3.05, 3.63) is 48.7 Å². The number of para-hydroxylation sites is 1. The topological polar surface area (TPSA) is 63.2 Å². The van der Waals surface area contributed by atoms with Gasteiger partial charge in [0, 0.05) is 36.6 Å². The lowest BCUT2D eigenvalue weighted by molar-refractivity contribution is -0.116. The molecule has 1 aromatic carbocycles. The van der Waals surface area contributed by atoms with E-state index in [4.69, 9.17) is 4.74 Å². The Morgan fingerprint density at radius 3 is 2.87 bits per heavy atom. The second-order valence-electron chi connectivity index (χ2n) is 5.28. The lowest BCUT2D eigenvalue weighted by atomic mass is 10.2. The molecule has 1 saturated heterocycles. The van der Waals surface area contributed by atoms with Crippen LogP contribution in [0.3, 0.4) is 0 Å². The third-order valence-electron chi connectivity index (χ3n) is 3.42. The van der Waals surface area contributed by atoms with E-state index < -0.39 is 0 Å². The highest BCUT2D eigenvalue weighted by Gasteiger charge is 2.16. The highest BCUT2D eigenvalue weighted by atomic mass is 32.2. The highest BCUT2D eigenvalue weighted by molar-refractivity contribution is 7.99. The normalized spacial score (nSPS) is 17.5. The fourth-order valence-electron chi connectivity index (χ4n) is 2.31. The lowest BCUT2D eigenvalue weighted by Crippen LogP contribution is -2.39. The van der Waals surface area contributed by atoms with Crippen LogP contribution in [-0.2, 0) is 4.79 Å². The number of carbonyl (C=O) groups is 1. The molecule has 0 aliphatic carbocycles. The van der Waals surface area contributed by atoms with Crippen molar-refractivity contribution in [3.8, 4) is 11.6 Å². The molecule has 2 heterocycles. The number of benzene rings is 1. The quantitative estimate of drug-likeness (QED) is 0.883. The predicted octanol–water partition coefficient (Wildman–Crippen LogP) is 2.91. The summed E-state index contributed by atoms with van der Waals surface area (Å²) in [5.41, 5.74) is 0.680. The molecule has 0 spiro atoms. The van der Waals surface area contributed by atoms with Crippen LogP contribution in [-0.4, -0.2) is 35.0 Å². The van der Waals surface area contributed by atoms with E-state index in [1.54, 1.807) is 18.3 Å². The number of nitrogens with one attached hydrogen (secondary N) is 2. The number of pyridine rings is 1. The van der Waals surface area contributed by atoms with Crippen LogP contribution < -0.4 is 15.4 Å². The van der Waals surface area contributed by atoms with Crippen LogP contribution in [0.2, 0.25) is 0 Å². The Morgan fingerprint density at radius 2 is 2.17 bits per heavy atom. The van der Waals surface area contributed by atoms with Gasteiger partial charge in [0.1, 0.15) is 5.75 Å². The summed E-state index contributed by atoms with van der Waals surface area (Å²) in [6, 6.07) is 13.3. The number of nitrogens with zero attached hydrogens (tertiary/aromatic N) is 1. The van der Waals surface area contributed by atoms with Gasteiger partial charge in [0.15, 0.2) is 0 Å². The standard InChI is InChI=1S/C17H19N3O2S/c21-16(10-14-12-23-9-8-18-14)20-13-6-7-17(19-11-13)22-15-4-2-1-3-5-15/h1-7,11,14,18H,8-10,12H2,(H,20,21). The first-order valence-electron chi connectivity index (χ1n) is 7.59. The molecular formula is C17H19N3O2S. The van der Waals surface area contributed by atoms with Gasteiger partial charge in [-0.2, -0.15) is 11.8 Å². The Morgan fingerprint density at radius 1 is 1.30 bits per heavy atom. The van der Waals surface area contributed by atoms with Crippen molar-refractivity contribution in [1.29, 1.82) is 0 Å². The van der Waals surface area contributed by atoms with Crippen molar-refractivity contribution in [2.45, 2.75) is 12.5 Å². The molecule has 6 heteroatoms. The summed E-state index contributed by atoms with van der Waals surface area (Å²) >= 11 is 1.88. The van der Waals surface area contributed by atoms with Gasteiger partial charge in [-0.05, 0) is 18.2 Å². The molecule has 23 heavy (non-hydrogen) atoms. The second kappa shape index (κ2) is 7.99. The number of thioether (sulfide) groups is 1. The minimum Gasteiger partial charge on any atom is -0.439 e. The van der Waals surface area contributed by atoms with Crippen LogP contribution in [0.15, 0.2) is 48.7 Å². The molecule has 1 aliphatic heterocycles. The number of ether oxygens (including phenoxy) is 1. The number of hydrogen-bond acceptors (Lipinski definition) is 5. The van der Waals surface area contributed by atoms with Gasteiger partial charge in [0.05, 0.1) is 11.9 Å². The monoisotopic (exact) mass is 329 g/mol. The van der Waals surface area contributed by atoms with Crippen molar-refractivity contribution in [1.82, 2.24) is 10.3 Å². The zero-order chi connectivity index (χ0) is 15.9. The van der Waals surface area contributed by atoms with Gasteiger partial charge in [-0.1, -0.05) is 18.2 Å². The third kappa shape index (κ3) is 4.97. The zero-order valence-electron chi connectivity index (χ0n) is 12.7. The fourth-order valence-corrected chi connectivity index (χ4v) is 3.26. The van der Waals surface area contributed by atoms with Gasteiger partial charge in [0.2, 0.25) is 11.8 Å². The van der Waals surface area contributed by atoms with Crippen LogP contribution in [0.1, 0.15) is 6.42 Å². The summed E-state index contributed by atoms with van der Waals surface area (Å²) < 4.78 is 5.62. The van der Waals surface area contributed by atoms with E-state index in [1.165, 1.54) is 0 Å². The second-order valence-corrected chi connectivity index (χ2v) is 6.43. The van der Waals surface area contributed by atoms with E-state index >= 15 is 0 Å². The average Bonchev–Trinajstić information content (AvgIpc) is 2.58. The first-order chi connectivity index (χ1) is 11.3. The van der Waals surface area contributed by atoms with E-state index in [1.807, 2.05) is 42.1 Å². The van der Waals surface area contributed by atoms with E-state index in [0.29, 0.717) is 18.0 Å². The molecule has 1 unspecified atom stereocenters. The summed E-state index contributed by atoms with van der Waals surface area (Å²) in [6.07, 6.45) is 2.09. The molecule has 1 fully saturated rings. The summed E-state index contributed by atoms with van der Waals surface area (Å²) in [7, 11) is 0. The maximum absolute atomic E-state index is 12.0. The Bertz CT molecular complexity index is 628. The molecule has 0 saturated carbocycles. The lowest BCUT2D eigenvalue weighted by Gasteiger charge is -2.22. The number of amides is 1. The van der Waals surface area contributed by atoms with Crippen LogP contribution >= 0.6 is 11.8 Å². The molecule has 0 radical (unpaired) electrons. The Labute approximate surface area is 139 Å². The molecule has 1 atom stereocenters. The van der Waals surface area contributed by atoms with Gasteiger partial charge in [-0.3, -0.25) is 4.79 Å². The highest BCUT2D eigenvalue weighted by Crippen LogP contribution is 2.20. The van der Waals surface area contributed by atoms with Crippen molar-refractivity contribution in [3.63, 3.8) is 0 Å². The molecule has 0 bridgehead atoms. The predicted molar refractivity (Wildman–Crippen MR) is 93.1 cm³/mol. The number of carbonyl (C=O) groups excluding carboxylic acids is 1. The number of rotatable bonds is 5. The van der Waals surface area contributed by atoms with Crippen molar-refractivity contribution in [2.75, 3.05) is 23.4 Å². The SMILES string of the molecule is O=C(CC1CSCCN1)Nc1ccc(Oc2ccccc2)nc1. The van der Waals surface area contributed by atoms with Crippen molar-refractivity contribution in [2.24, 2.45) is 0 Å². The molecule has 120 valence electrons. The Balaban J connectivity index is 1.51. The van der Waals surface area contributed by atoms with Gasteiger partial charge in [-0.15, -0.1) is 0 Å². The summed E-state index contributed by atoms with van der Waals surface area (Å²) in [5, 5.41) is 6.23. The van der Waals surface area contributed by atoms with E-state index in [-0.39, 0.29) is 11.9 Å². The van der Waals surface area contributed by atoms with Crippen LogP contribution in [0.25, 0.3) is 0 Å². The van der Waals surface area contributed by atoms with E-state index in [0.717, 1.165) is 23.8 Å². The first-order valence-corrected chi connectivity index (χ1v) is 8.75. The average molecular weight is 329 g/mol. The maximum atomic E-state index is 12.0. The molecule has 5 nitrogen and oxygen atoms in total. The van der Waals surface area contributed by atoms with Gasteiger partial charge in [-0.25, -0.2) is 4.98 Å². The van der Waals surface area contributed by atoms with Crippen LogP contribution in [0.4, 0.5) is 5.69 Å². The van der Waals surface area contributed by atoms with Crippen molar-refractivity contribution < 1.29 is 9.53 Å². The molecule has 1 aliphatic rings. The molecule has 2 aromatic rings. The van der Waals surface area contributed by atoms with Gasteiger partial charge >= 0.3 is 0 Å².